The number of fused-ring (bicyclic) bond motifs is 1. The molecule has 3 atom stereocenters. The van der Waals surface area contributed by atoms with Crippen LogP contribution in [0.1, 0.15) is 160 Å². The lowest BCUT2D eigenvalue weighted by molar-refractivity contribution is -0.0390. The molecule has 7 nitrogen and oxygen atoms in total. The molecule has 7 rings (SSSR count). The summed E-state index contributed by atoms with van der Waals surface area (Å²) in [6, 6.07) is 15.4. The van der Waals surface area contributed by atoms with Crippen LogP contribution in [0.15, 0.2) is 60.9 Å². The molecule has 2 fully saturated rings. The first-order valence-corrected chi connectivity index (χ1v) is 20.8. The topological polar surface area (TPSA) is 80.6 Å². The zero-order chi connectivity index (χ0) is 40.5. The third-order valence-corrected chi connectivity index (χ3v) is 12.4. The van der Waals surface area contributed by atoms with E-state index in [0.29, 0.717) is 80.4 Å². The van der Waals surface area contributed by atoms with Gasteiger partial charge in [0.2, 0.25) is 11.9 Å². The number of aliphatic hydroxyl groups is 1. The van der Waals surface area contributed by atoms with Crippen molar-refractivity contribution in [2.24, 2.45) is 11.3 Å². The average molecular weight is 785 g/mol. The van der Waals surface area contributed by atoms with Gasteiger partial charge in [-0.05, 0) is 97.9 Å². The maximum Gasteiger partial charge on any atom is 0.248 e. The minimum absolute atomic E-state index is 0.0510. The van der Waals surface area contributed by atoms with Crippen LogP contribution in [0.5, 0.6) is 5.75 Å². The molecule has 306 valence electrons. The van der Waals surface area contributed by atoms with Crippen molar-refractivity contribution >= 4 is 5.95 Å². The van der Waals surface area contributed by atoms with Gasteiger partial charge in [0.15, 0.2) is 6.17 Å². The summed E-state index contributed by atoms with van der Waals surface area (Å²) in [5.74, 6) is -1.31. The van der Waals surface area contributed by atoms with Crippen molar-refractivity contribution in [2.45, 2.75) is 135 Å². The number of piperidine rings is 1. The van der Waals surface area contributed by atoms with Gasteiger partial charge in [-0.25, -0.2) is 23.1 Å². The standard InChI is InChI=1S/C47H59F3N4O3/c1-29(2)23-38(55)35-26-51-45(52-27-35)54-21-17-34(18-22-54)44-42(43(48)33-11-7-30(3)8-12-33)40(32-15-19-47(49,50)20-16-32)41-37(53-44)24-46(4,5)25-39(41)57-28-31-9-13-36(56-6)14-10-31/h7-14,26-27,29,32,34,38-39,43,55H,15-25,28H2,1-6H3/t38?,39-,43-/m0/s1. The van der Waals surface area contributed by atoms with E-state index in [4.69, 9.17) is 14.5 Å². The molecule has 1 saturated carbocycles. The molecule has 0 bridgehead atoms. The molecule has 10 heteroatoms. The van der Waals surface area contributed by atoms with Crippen LogP contribution in [0.25, 0.3) is 0 Å². The van der Waals surface area contributed by atoms with Crippen LogP contribution in [0, 0.1) is 18.3 Å². The Balaban J connectivity index is 1.29. The fourth-order valence-electron chi connectivity index (χ4n) is 9.24. The van der Waals surface area contributed by atoms with Gasteiger partial charge in [-0.1, -0.05) is 69.7 Å². The summed E-state index contributed by atoms with van der Waals surface area (Å²) in [6.07, 6.45) is 4.54. The molecule has 4 aromatic rings. The number of alkyl halides is 3. The SMILES string of the molecule is COc1ccc(CO[C@H]2CC(C)(C)Cc3nc(C4CCN(c5ncc(C(O)CC(C)C)cn5)CC4)c([C@@H](F)c4ccc(C)cc4)c(C4CCC(F)(F)CC4)c32)cc1. The number of hydrogen-bond acceptors (Lipinski definition) is 7. The van der Waals surface area contributed by atoms with Crippen molar-refractivity contribution in [2.75, 3.05) is 25.1 Å². The molecule has 1 saturated heterocycles. The van der Waals surface area contributed by atoms with Gasteiger partial charge < -0.3 is 19.5 Å². The summed E-state index contributed by atoms with van der Waals surface area (Å²) < 4.78 is 59.7. The molecule has 1 aliphatic heterocycles. The molecular weight excluding hydrogens is 726 g/mol. The van der Waals surface area contributed by atoms with E-state index >= 15 is 4.39 Å². The number of pyridine rings is 1. The second-order valence-corrected chi connectivity index (χ2v) is 18.0. The minimum atomic E-state index is -2.73. The molecule has 3 aliphatic rings. The molecule has 0 spiro atoms. The number of rotatable bonds is 12. The molecule has 3 heterocycles. The van der Waals surface area contributed by atoms with Crippen molar-refractivity contribution in [1.29, 1.82) is 0 Å². The summed E-state index contributed by atoms with van der Waals surface area (Å²) in [6.45, 7) is 12.2. The Kier molecular flexibility index (Phi) is 12.3. The highest BCUT2D eigenvalue weighted by molar-refractivity contribution is 5.51. The van der Waals surface area contributed by atoms with E-state index in [9.17, 15) is 13.9 Å². The van der Waals surface area contributed by atoms with Crippen molar-refractivity contribution in [3.05, 3.63) is 111 Å². The summed E-state index contributed by atoms with van der Waals surface area (Å²) in [4.78, 5) is 16.9. The van der Waals surface area contributed by atoms with Gasteiger partial charge in [0.25, 0.3) is 0 Å². The number of benzene rings is 2. The summed E-state index contributed by atoms with van der Waals surface area (Å²) >= 11 is 0. The number of nitrogens with zero attached hydrogens (tertiary/aromatic N) is 4. The number of ether oxygens (including phenoxy) is 2. The van der Waals surface area contributed by atoms with Crippen molar-refractivity contribution in [3.8, 4) is 5.75 Å². The van der Waals surface area contributed by atoms with E-state index in [1.165, 1.54) is 0 Å². The fraction of sp³-hybridized carbons (Fsp3) is 0.553. The van der Waals surface area contributed by atoms with Crippen molar-refractivity contribution in [1.82, 2.24) is 15.0 Å². The number of anilines is 1. The predicted octanol–water partition coefficient (Wildman–Crippen LogP) is 11.2. The van der Waals surface area contributed by atoms with Gasteiger partial charge in [0, 0.05) is 66.6 Å². The number of hydrogen-bond donors (Lipinski definition) is 1. The Labute approximate surface area is 336 Å². The van der Waals surface area contributed by atoms with Gasteiger partial charge in [-0.3, -0.25) is 4.98 Å². The summed E-state index contributed by atoms with van der Waals surface area (Å²) in [7, 11) is 1.64. The van der Waals surface area contributed by atoms with Crippen LogP contribution in [-0.4, -0.2) is 46.2 Å². The number of methoxy groups -OCH3 is 1. The minimum Gasteiger partial charge on any atom is -0.497 e. The molecule has 1 N–H and O–H groups in total. The van der Waals surface area contributed by atoms with E-state index in [2.05, 4.69) is 42.6 Å². The lowest BCUT2D eigenvalue weighted by Gasteiger charge is -2.42. The second-order valence-electron chi connectivity index (χ2n) is 18.0. The van der Waals surface area contributed by atoms with Gasteiger partial charge in [-0.15, -0.1) is 0 Å². The van der Waals surface area contributed by atoms with Crippen LogP contribution in [0.3, 0.4) is 0 Å². The first-order valence-electron chi connectivity index (χ1n) is 20.8. The van der Waals surface area contributed by atoms with E-state index in [1.807, 2.05) is 55.5 Å². The van der Waals surface area contributed by atoms with Crippen LogP contribution >= 0.6 is 0 Å². The van der Waals surface area contributed by atoms with Gasteiger partial charge in [0.1, 0.15) is 5.75 Å². The highest BCUT2D eigenvalue weighted by atomic mass is 19.3. The van der Waals surface area contributed by atoms with E-state index < -0.39 is 18.2 Å². The maximum absolute atomic E-state index is 17.8. The Hall–Kier alpha value is -4.02. The molecule has 0 amide bonds. The van der Waals surface area contributed by atoms with Crippen molar-refractivity contribution < 1.29 is 27.8 Å². The number of aryl methyl sites for hydroxylation is 1. The summed E-state index contributed by atoms with van der Waals surface area (Å²) in [5.41, 5.74) is 7.13. The maximum atomic E-state index is 17.8. The zero-order valence-corrected chi connectivity index (χ0v) is 34.4. The predicted molar refractivity (Wildman–Crippen MR) is 218 cm³/mol. The molecule has 0 radical (unpaired) electrons. The molecular formula is C47H59F3N4O3. The molecule has 1 unspecified atom stereocenters. The monoisotopic (exact) mass is 784 g/mol. The third kappa shape index (κ3) is 9.49. The quantitative estimate of drug-likeness (QED) is 0.153. The molecule has 2 aliphatic carbocycles. The van der Waals surface area contributed by atoms with Crippen molar-refractivity contribution in [3.63, 3.8) is 0 Å². The lowest BCUT2D eigenvalue weighted by Crippen LogP contribution is -2.36. The van der Waals surface area contributed by atoms with Gasteiger partial charge in [-0.2, -0.15) is 0 Å². The van der Waals surface area contributed by atoms with Crippen LogP contribution in [0.4, 0.5) is 19.1 Å². The Morgan fingerprint density at radius 3 is 2.14 bits per heavy atom. The van der Waals surface area contributed by atoms with Crippen LogP contribution in [0.2, 0.25) is 0 Å². The second kappa shape index (κ2) is 17.1. The third-order valence-electron chi connectivity index (χ3n) is 12.4. The van der Waals surface area contributed by atoms with E-state index in [-0.39, 0.29) is 49.0 Å². The Morgan fingerprint density at radius 1 is 0.877 bits per heavy atom. The number of aromatic nitrogens is 3. The zero-order valence-electron chi connectivity index (χ0n) is 34.4. The van der Waals surface area contributed by atoms with E-state index in [0.717, 1.165) is 39.4 Å². The molecule has 2 aromatic carbocycles. The van der Waals surface area contributed by atoms with Gasteiger partial charge in [0.05, 0.1) is 31.6 Å². The first-order chi connectivity index (χ1) is 27.2. The fourth-order valence-corrected chi connectivity index (χ4v) is 9.24. The average Bonchev–Trinajstić information content (AvgIpc) is 3.19. The lowest BCUT2D eigenvalue weighted by atomic mass is 9.68. The molecule has 2 aromatic heterocycles. The highest BCUT2D eigenvalue weighted by Gasteiger charge is 2.44. The van der Waals surface area contributed by atoms with Gasteiger partial charge >= 0.3 is 0 Å². The first kappa shape index (κ1) is 41.2. The smallest absolute Gasteiger partial charge is 0.248 e. The Bertz CT molecular complexity index is 1950. The highest BCUT2D eigenvalue weighted by Crippen LogP contribution is 2.53. The Morgan fingerprint density at radius 2 is 1.53 bits per heavy atom. The number of halogens is 3. The summed E-state index contributed by atoms with van der Waals surface area (Å²) in [5, 5.41) is 10.6. The number of aliphatic hydroxyl groups excluding tert-OH is 1. The van der Waals surface area contributed by atoms with Crippen LogP contribution in [-0.2, 0) is 17.8 Å². The largest absolute Gasteiger partial charge is 0.497 e. The van der Waals surface area contributed by atoms with Crippen LogP contribution < -0.4 is 9.64 Å². The normalized spacial score (nSPS) is 21.0. The van der Waals surface area contributed by atoms with E-state index in [1.54, 1.807) is 19.5 Å². The molecule has 57 heavy (non-hydrogen) atoms.